The van der Waals surface area contributed by atoms with Crippen LogP contribution in [0.1, 0.15) is 13.8 Å². The van der Waals surface area contributed by atoms with Crippen molar-refractivity contribution in [1.82, 2.24) is 10.2 Å². The summed E-state index contributed by atoms with van der Waals surface area (Å²) >= 11 is 18.1. The predicted molar refractivity (Wildman–Crippen MR) is 90.0 cm³/mol. The molecule has 142 valence electrons. The van der Waals surface area contributed by atoms with Crippen LogP contribution in [0, 0.1) is 0 Å². The molecule has 3 heterocycles. The van der Waals surface area contributed by atoms with Crippen LogP contribution >= 0.6 is 29.9 Å². The average Bonchev–Trinajstić information content (AvgIpc) is 2.73. The highest BCUT2D eigenvalue weighted by Crippen LogP contribution is 2.60. The summed E-state index contributed by atoms with van der Waals surface area (Å²) in [5.74, 6) is -0.993. The minimum atomic E-state index is -3.09. The summed E-state index contributed by atoms with van der Waals surface area (Å²) < 4.78 is 34.2. The molecule has 8 nitrogen and oxygen atoms in total. The van der Waals surface area contributed by atoms with Crippen LogP contribution < -0.4 is 5.32 Å². The zero-order valence-electron chi connectivity index (χ0n) is 13.1. The van der Waals surface area contributed by atoms with Crippen LogP contribution in [0.3, 0.4) is 0 Å². The minimum absolute atomic E-state index is 0.00334. The van der Waals surface area contributed by atoms with Crippen molar-refractivity contribution >= 4 is 47.8 Å². The number of halogens is 3. The third-order valence-electron chi connectivity index (χ3n) is 3.60. The fourth-order valence-electron chi connectivity index (χ4n) is 2.58. The molecule has 0 aliphatic carbocycles. The summed E-state index contributed by atoms with van der Waals surface area (Å²) in [7, 11) is 0. The summed E-state index contributed by atoms with van der Waals surface area (Å²) in [6.45, 7) is 0.450. The van der Waals surface area contributed by atoms with Crippen LogP contribution in [0.4, 0.5) is 9.18 Å². The van der Waals surface area contributed by atoms with Gasteiger partial charge in [0, 0.05) is 6.20 Å². The molecule has 3 aliphatic heterocycles. The van der Waals surface area contributed by atoms with E-state index in [4.69, 9.17) is 53.3 Å². The summed E-state index contributed by atoms with van der Waals surface area (Å²) in [6.07, 6.45) is -4.18. The molecule has 2 saturated heterocycles. The molecule has 1 unspecified atom stereocenters. The lowest BCUT2D eigenvalue weighted by Crippen LogP contribution is -2.55. The molecular weight excluding hydrogens is 421 g/mol. The van der Waals surface area contributed by atoms with Gasteiger partial charge in [-0.1, -0.05) is 23.2 Å². The number of aliphatic hydroxyl groups excluding tert-OH is 1. The molecule has 0 aromatic heterocycles. The van der Waals surface area contributed by atoms with Crippen molar-refractivity contribution < 1.29 is 32.6 Å². The Bertz CT molecular complexity index is 653. The Kier molecular flexibility index (Phi) is 5.40. The van der Waals surface area contributed by atoms with Crippen LogP contribution in [-0.2, 0) is 30.1 Å². The van der Waals surface area contributed by atoms with Crippen molar-refractivity contribution in [1.29, 1.82) is 0 Å². The third kappa shape index (κ3) is 3.69. The van der Waals surface area contributed by atoms with Crippen molar-refractivity contribution in [2.24, 2.45) is 0 Å². The van der Waals surface area contributed by atoms with Crippen molar-refractivity contribution in [3.8, 4) is 0 Å². The molecule has 0 radical (unpaired) electrons. The van der Waals surface area contributed by atoms with E-state index in [9.17, 15) is 14.3 Å². The number of ether oxygens (including phenoxy) is 1. The number of hydrogen-bond acceptors (Lipinski definition) is 7. The van der Waals surface area contributed by atoms with E-state index in [2.05, 4.69) is 0 Å². The number of nitrogens with zero attached hydrogens (tertiary/aromatic N) is 1. The van der Waals surface area contributed by atoms with E-state index in [1.807, 2.05) is 5.32 Å². The molecule has 0 saturated carbocycles. The third-order valence-corrected chi connectivity index (χ3v) is 6.87. The first-order valence-electron chi connectivity index (χ1n) is 7.32. The molecule has 3 aliphatic rings. The Labute approximate surface area is 158 Å². The minimum Gasteiger partial charge on any atom is -0.367 e. The molecule has 25 heavy (non-hydrogen) atoms. The van der Waals surface area contributed by atoms with E-state index >= 15 is 0 Å². The van der Waals surface area contributed by atoms with Crippen LogP contribution in [0.15, 0.2) is 12.0 Å². The quantitative estimate of drug-likeness (QED) is 0.517. The molecule has 0 aromatic carbocycles. The maximum atomic E-state index is 13.7. The molecule has 2 fully saturated rings. The van der Waals surface area contributed by atoms with Gasteiger partial charge in [0.05, 0.1) is 12.7 Å². The van der Waals surface area contributed by atoms with Gasteiger partial charge in [0.2, 0.25) is 0 Å². The summed E-state index contributed by atoms with van der Waals surface area (Å²) in [5, 5.41) is 11.3. The topological polar surface area (TPSA) is 89.5 Å². The Morgan fingerprint density at radius 1 is 1.60 bits per heavy atom. The highest BCUT2D eigenvalue weighted by molar-refractivity contribution is 8.07. The van der Waals surface area contributed by atoms with Gasteiger partial charge in [-0.3, -0.25) is 9.42 Å². The zero-order valence-corrected chi connectivity index (χ0v) is 16.3. The van der Waals surface area contributed by atoms with Crippen LogP contribution in [-0.4, -0.2) is 57.7 Å². The molecule has 0 aromatic rings. The number of carbonyl (C=O) groups is 1. The molecule has 5 atom stereocenters. The second-order valence-corrected chi connectivity index (χ2v) is 10.3. The largest absolute Gasteiger partial charge is 0.367 e. The number of rotatable bonds is 3. The standard InChI is InChI=1S/C12H16Cl2FN2O6PS/c1-5(2)22-24(25)20-4-7-8(23-24)12(13,14)10(21-7)17-3-6(15)9(18)16-11(17)19/h3,5,7-10,18H,4H2,1-2H3,(H,16,19)/t7-,8-,9?,10-,24+/m1/s1. The van der Waals surface area contributed by atoms with Crippen molar-refractivity contribution in [2.75, 3.05) is 6.61 Å². The van der Waals surface area contributed by atoms with Gasteiger partial charge >= 0.3 is 12.7 Å². The number of urea groups is 1. The normalized spacial score (nSPS) is 40.7. The Hall–Kier alpha value is -0.0300. The van der Waals surface area contributed by atoms with Gasteiger partial charge < -0.3 is 24.2 Å². The lowest BCUT2D eigenvalue weighted by Gasteiger charge is -2.37. The number of fused-ring (bicyclic) bond motifs is 1. The number of nitrogens with one attached hydrogen (secondary N) is 1. The summed E-state index contributed by atoms with van der Waals surface area (Å²) in [4.78, 5) is 12.9. The lowest BCUT2D eigenvalue weighted by molar-refractivity contribution is -0.0723. The average molecular weight is 437 g/mol. The maximum Gasteiger partial charge on any atom is 0.327 e. The smallest absolute Gasteiger partial charge is 0.327 e. The van der Waals surface area contributed by atoms with E-state index in [0.29, 0.717) is 0 Å². The van der Waals surface area contributed by atoms with Gasteiger partial charge in [-0.05, 0) is 25.7 Å². The van der Waals surface area contributed by atoms with Crippen molar-refractivity contribution in [2.45, 2.75) is 48.9 Å². The zero-order chi connectivity index (χ0) is 18.6. The van der Waals surface area contributed by atoms with Crippen molar-refractivity contribution in [3.05, 3.63) is 12.0 Å². The number of amides is 2. The first-order valence-corrected chi connectivity index (χ1v) is 10.6. The fraction of sp³-hybridized carbons (Fsp3) is 0.750. The number of alkyl halides is 2. The molecule has 0 spiro atoms. The first-order chi connectivity index (χ1) is 11.5. The highest BCUT2D eigenvalue weighted by Gasteiger charge is 2.62. The fourth-order valence-corrected chi connectivity index (χ4v) is 5.96. The monoisotopic (exact) mass is 436 g/mol. The molecular formula is C12H16Cl2FN2O6PS. The second-order valence-electron chi connectivity index (χ2n) is 5.90. The summed E-state index contributed by atoms with van der Waals surface area (Å²) in [5.41, 5.74) is 0. The summed E-state index contributed by atoms with van der Waals surface area (Å²) in [6, 6.07) is -0.831. The van der Waals surface area contributed by atoms with Gasteiger partial charge in [0.15, 0.2) is 22.6 Å². The number of carbonyl (C=O) groups excluding carboxylic acids is 1. The van der Waals surface area contributed by atoms with E-state index in [0.717, 1.165) is 11.1 Å². The van der Waals surface area contributed by atoms with E-state index < -0.39 is 47.6 Å². The van der Waals surface area contributed by atoms with E-state index in [-0.39, 0.29) is 12.7 Å². The molecule has 2 N–H and O–H groups in total. The number of hydrogen-bond donors (Lipinski definition) is 2. The van der Waals surface area contributed by atoms with Gasteiger partial charge in [0.25, 0.3) is 0 Å². The van der Waals surface area contributed by atoms with Crippen molar-refractivity contribution in [3.63, 3.8) is 0 Å². The van der Waals surface area contributed by atoms with Crippen LogP contribution in [0.2, 0.25) is 0 Å². The van der Waals surface area contributed by atoms with E-state index in [1.165, 1.54) is 0 Å². The Morgan fingerprint density at radius 3 is 2.92 bits per heavy atom. The van der Waals surface area contributed by atoms with Gasteiger partial charge in [-0.25, -0.2) is 9.18 Å². The van der Waals surface area contributed by atoms with Gasteiger partial charge in [-0.15, -0.1) is 0 Å². The first kappa shape index (κ1) is 19.7. The van der Waals surface area contributed by atoms with Crippen LogP contribution in [0.5, 0.6) is 0 Å². The van der Waals surface area contributed by atoms with Gasteiger partial charge in [-0.2, -0.15) is 0 Å². The second kappa shape index (κ2) is 6.85. The maximum absolute atomic E-state index is 13.7. The molecule has 3 rings (SSSR count). The lowest BCUT2D eigenvalue weighted by atomic mass is 10.1. The number of aliphatic hydroxyl groups is 1. The highest BCUT2D eigenvalue weighted by atomic mass is 35.5. The SMILES string of the molecule is CC(C)O[P@@]1(=S)OC[C@H]2O[C@@H](N3C=C(F)C(O)NC3=O)C(Cl)(Cl)[C@@H]2O1. The predicted octanol–water partition coefficient (Wildman–Crippen LogP) is 2.10. The molecule has 2 amide bonds. The van der Waals surface area contributed by atoms with E-state index in [1.54, 1.807) is 13.8 Å². The van der Waals surface area contributed by atoms with Crippen LogP contribution in [0.25, 0.3) is 0 Å². The Morgan fingerprint density at radius 2 is 2.28 bits per heavy atom. The molecule has 0 bridgehead atoms. The molecule has 13 heteroatoms. The van der Waals surface area contributed by atoms with Gasteiger partial charge in [0.1, 0.15) is 12.2 Å². The Balaban J connectivity index is 1.84.